The third kappa shape index (κ3) is 2.61. The first-order valence-corrected chi connectivity index (χ1v) is 10.2. The maximum absolute atomic E-state index is 12.4. The highest BCUT2D eigenvalue weighted by atomic mass is 32.2. The summed E-state index contributed by atoms with van der Waals surface area (Å²) in [6.45, 7) is 1.88. The molecule has 1 aromatic carbocycles. The first-order chi connectivity index (χ1) is 11.4. The number of anilines is 1. The van der Waals surface area contributed by atoms with Gasteiger partial charge in [-0.1, -0.05) is 24.3 Å². The number of benzene rings is 1. The average molecular weight is 362 g/mol. The van der Waals surface area contributed by atoms with E-state index >= 15 is 0 Å². The van der Waals surface area contributed by atoms with Crippen molar-refractivity contribution in [1.82, 2.24) is 5.32 Å². The molecule has 2 fully saturated rings. The number of para-hydroxylation sites is 1. The molecule has 1 amide bonds. The number of rotatable bonds is 6. The number of thiophene rings is 1. The first-order valence-electron chi connectivity index (χ1n) is 7.89. The molecule has 24 heavy (non-hydrogen) atoms. The second kappa shape index (κ2) is 5.32. The number of nitrogens with one attached hydrogen (secondary N) is 2. The third-order valence-corrected chi connectivity index (χ3v) is 7.68. The van der Waals surface area contributed by atoms with Crippen molar-refractivity contribution in [2.75, 3.05) is 4.72 Å². The van der Waals surface area contributed by atoms with Crippen LogP contribution in [0.4, 0.5) is 5.69 Å². The van der Waals surface area contributed by atoms with Crippen LogP contribution in [-0.2, 0) is 14.8 Å². The molecule has 1 unspecified atom stereocenters. The van der Waals surface area contributed by atoms with Crippen molar-refractivity contribution in [3.8, 4) is 0 Å². The Kier molecular flexibility index (Phi) is 3.47. The van der Waals surface area contributed by atoms with Crippen LogP contribution < -0.4 is 10.0 Å². The Balaban J connectivity index is 1.55. The Morgan fingerprint density at radius 3 is 2.58 bits per heavy atom. The van der Waals surface area contributed by atoms with Gasteiger partial charge in [0.2, 0.25) is 5.91 Å². The topological polar surface area (TPSA) is 75.3 Å². The molecule has 1 heterocycles. The lowest BCUT2D eigenvalue weighted by Crippen LogP contribution is -2.31. The van der Waals surface area contributed by atoms with Gasteiger partial charge in [0.15, 0.2) is 0 Å². The third-order valence-electron chi connectivity index (χ3n) is 4.91. The number of hydrogen-bond donors (Lipinski definition) is 2. The van der Waals surface area contributed by atoms with Gasteiger partial charge in [0, 0.05) is 0 Å². The molecule has 2 aliphatic carbocycles. The number of sulfonamides is 1. The van der Waals surface area contributed by atoms with Crippen molar-refractivity contribution >= 4 is 33.0 Å². The fourth-order valence-electron chi connectivity index (χ4n) is 3.07. The van der Waals surface area contributed by atoms with Gasteiger partial charge in [-0.25, -0.2) is 8.42 Å². The minimum atomic E-state index is -3.61. The lowest BCUT2D eigenvalue weighted by molar-refractivity contribution is -0.124. The second-order valence-corrected chi connectivity index (χ2v) is 9.44. The summed E-state index contributed by atoms with van der Waals surface area (Å²) in [4.78, 5) is 12.3. The summed E-state index contributed by atoms with van der Waals surface area (Å²) < 4.78 is 27.8. The zero-order valence-corrected chi connectivity index (χ0v) is 14.8. The lowest BCUT2D eigenvalue weighted by Gasteiger charge is -2.19. The molecule has 0 bridgehead atoms. The van der Waals surface area contributed by atoms with Gasteiger partial charge in [-0.05, 0) is 48.8 Å². The van der Waals surface area contributed by atoms with Crippen LogP contribution in [0.1, 0.15) is 31.4 Å². The van der Waals surface area contributed by atoms with Gasteiger partial charge < -0.3 is 5.32 Å². The smallest absolute Gasteiger partial charge is 0.271 e. The van der Waals surface area contributed by atoms with E-state index in [1.807, 2.05) is 19.1 Å². The molecule has 2 aliphatic rings. The number of amides is 1. The van der Waals surface area contributed by atoms with Gasteiger partial charge in [0.1, 0.15) is 4.21 Å². The monoisotopic (exact) mass is 362 g/mol. The highest BCUT2D eigenvalue weighted by Gasteiger charge is 2.74. The SMILES string of the molecule is CC(NC(=O)C12CC1C2)c1ccccc1NS(=O)(=O)c1cccs1. The van der Waals surface area contributed by atoms with Crippen molar-refractivity contribution in [2.45, 2.75) is 30.0 Å². The zero-order valence-electron chi connectivity index (χ0n) is 13.2. The largest absolute Gasteiger partial charge is 0.349 e. The molecular formula is C17H18N2O3S2. The average Bonchev–Trinajstić information content (AvgIpc) is 3.32. The summed E-state index contributed by atoms with van der Waals surface area (Å²) in [6, 6.07) is 10.2. The number of carbonyl (C=O) groups excluding carboxylic acids is 1. The molecule has 2 N–H and O–H groups in total. The standard InChI is InChI=1S/C17H18N2O3S2/c1-11(18-16(20)17-9-12(17)10-17)13-5-2-3-6-14(13)19-24(21,22)15-7-4-8-23-15/h2-8,11-12,19H,9-10H2,1H3,(H,18,20). The van der Waals surface area contributed by atoms with E-state index in [9.17, 15) is 13.2 Å². The van der Waals surface area contributed by atoms with E-state index in [-0.39, 0.29) is 21.6 Å². The molecule has 4 rings (SSSR count). The van der Waals surface area contributed by atoms with Gasteiger partial charge in [0.25, 0.3) is 10.0 Å². The van der Waals surface area contributed by atoms with Crippen molar-refractivity contribution in [3.63, 3.8) is 0 Å². The summed E-state index contributed by atoms with van der Waals surface area (Å²) in [5.74, 6) is 0.674. The molecule has 0 saturated heterocycles. The summed E-state index contributed by atoms with van der Waals surface area (Å²) in [7, 11) is -3.61. The molecule has 0 aliphatic heterocycles. The molecule has 2 aromatic rings. The predicted molar refractivity (Wildman–Crippen MR) is 93.3 cm³/mol. The summed E-state index contributed by atoms with van der Waals surface area (Å²) in [5, 5.41) is 4.76. The molecular weight excluding hydrogens is 344 g/mol. The van der Waals surface area contributed by atoms with Gasteiger partial charge in [-0.15, -0.1) is 11.3 Å². The van der Waals surface area contributed by atoms with Crippen LogP contribution >= 0.6 is 11.3 Å². The molecule has 5 nitrogen and oxygen atoms in total. The van der Waals surface area contributed by atoms with E-state index in [1.54, 1.807) is 29.6 Å². The number of fused-ring (bicyclic) bond motifs is 1. The van der Waals surface area contributed by atoms with Gasteiger partial charge in [-0.3, -0.25) is 9.52 Å². The van der Waals surface area contributed by atoms with Crippen LogP contribution in [0.25, 0.3) is 0 Å². The van der Waals surface area contributed by atoms with Crippen LogP contribution in [0.2, 0.25) is 0 Å². The second-order valence-electron chi connectivity index (χ2n) is 6.58. The van der Waals surface area contributed by atoms with Gasteiger partial charge in [0.05, 0.1) is 17.1 Å². The van der Waals surface area contributed by atoms with Crippen molar-refractivity contribution in [3.05, 3.63) is 47.3 Å². The van der Waals surface area contributed by atoms with Crippen LogP contribution in [0, 0.1) is 11.3 Å². The maximum atomic E-state index is 12.4. The Morgan fingerprint density at radius 2 is 1.96 bits per heavy atom. The molecule has 0 spiro atoms. The minimum absolute atomic E-state index is 0.0934. The van der Waals surface area contributed by atoms with Crippen molar-refractivity contribution < 1.29 is 13.2 Å². The van der Waals surface area contributed by atoms with Crippen molar-refractivity contribution in [1.29, 1.82) is 0 Å². The Labute approximate surface area is 145 Å². The molecule has 126 valence electrons. The highest BCUT2D eigenvalue weighted by Crippen LogP contribution is 2.75. The van der Waals surface area contributed by atoms with E-state index in [4.69, 9.17) is 0 Å². The molecule has 7 heteroatoms. The van der Waals surface area contributed by atoms with E-state index in [0.29, 0.717) is 11.6 Å². The predicted octanol–water partition coefficient (Wildman–Crippen LogP) is 3.14. The van der Waals surface area contributed by atoms with Crippen LogP contribution in [0.3, 0.4) is 0 Å². The Morgan fingerprint density at radius 1 is 1.25 bits per heavy atom. The van der Waals surface area contributed by atoms with E-state index < -0.39 is 10.0 Å². The molecule has 2 saturated carbocycles. The molecule has 0 radical (unpaired) electrons. The van der Waals surface area contributed by atoms with Gasteiger partial charge >= 0.3 is 0 Å². The lowest BCUT2D eigenvalue weighted by atomic mass is 10.1. The van der Waals surface area contributed by atoms with Gasteiger partial charge in [-0.2, -0.15) is 0 Å². The number of carbonyl (C=O) groups is 1. The van der Waals surface area contributed by atoms with E-state index in [2.05, 4.69) is 10.0 Å². The first kappa shape index (κ1) is 15.7. The Bertz CT molecular complexity index is 884. The fourth-order valence-corrected chi connectivity index (χ4v) is 5.15. The van der Waals surface area contributed by atoms with Crippen LogP contribution in [0.15, 0.2) is 46.0 Å². The summed E-state index contributed by atoms with van der Waals surface area (Å²) in [6.07, 6.45) is 2.00. The quantitative estimate of drug-likeness (QED) is 0.829. The molecule has 1 atom stereocenters. The van der Waals surface area contributed by atoms with Crippen LogP contribution in [0.5, 0.6) is 0 Å². The Hall–Kier alpha value is -1.86. The number of hydrogen-bond acceptors (Lipinski definition) is 4. The van der Waals surface area contributed by atoms with Crippen LogP contribution in [-0.4, -0.2) is 14.3 Å². The highest BCUT2D eigenvalue weighted by molar-refractivity contribution is 7.94. The fraction of sp³-hybridized carbons (Fsp3) is 0.353. The maximum Gasteiger partial charge on any atom is 0.271 e. The summed E-state index contributed by atoms with van der Waals surface area (Å²) in [5.41, 5.74) is 1.17. The summed E-state index contributed by atoms with van der Waals surface area (Å²) >= 11 is 1.17. The zero-order chi connectivity index (χ0) is 16.9. The van der Waals surface area contributed by atoms with E-state index in [1.165, 1.54) is 11.3 Å². The normalized spacial score (nSPS) is 25.5. The minimum Gasteiger partial charge on any atom is -0.349 e. The van der Waals surface area contributed by atoms with Crippen molar-refractivity contribution in [2.24, 2.45) is 11.3 Å². The molecule has 1 aromatic heterocycles. The van der Waals surface area contributed by atoms with E-state index in [0.717, 1.165) is 18.4 Å².